The first kappa shape index (κ1) is 9.26. The molecule has 1 aliphatic carbocycles. The van der Waals surface area contributed by atoms with Crippen molar-refractivity contribution in [3.8, 4) is 6.07 Å². The molecule has 1 aliphatic rings. The van der Waals surface area contributed by atoms with Gasteiger partial charge in [0.15, 0.2) is 0 Å². The zero-order valence-electron chi connectivity index (χ0n) is 8.48. The van der Waals surface area contributed by atoms with E-state index >= 15 is 0 Å². The molecule has 1 aromatic heterocycles. The van der Waals surface area contributed by atoms with Crippen LogP contribution in [0.3, 0.4) is 0 Å². The molecule has 0 bridgehead atoms. The third-order valence-electron chi connectivity index (χ3n) is 2.97. The van der Waals surface area contributed by atoms with E-state index in [0.717, 1.165) is 12.8 Å². The minimum absolute atomic E-state index is 0.156. The second-order valence-corrected chi connectivity index (χ2v) is 4.09. The number of nitrogens with zero attached hydrogens (tertiary/aromatic N) is 3. The van der Waals surface area contributed by atoms with E-state index < -0.39 is 0 Å². The van der Waals surface area contributed by atoms with Crippen molar-refractivity contribution in [1.29, 1.82) is 5.26 Å². The molecule has 1 saturated carbocycles. The van der Waals surface area contributed by atoms with Gasteiger partial charge in [0.05, 0.1) is 24.2 Å². The Morgan fingerprint density at radius 1 is 1.50 bits per heavy atom. The Balaban J connectivity index is 2.19. The fourth-order valence-electron chi connectivity index (χ4n) is 2.19. The van der Waals surface area contributed by atoms with Gasteiger partial charge in [0.1, 0.15) is 0 Å². The minimum Gasteiger partial charge on any atom is -0.268 e. The van der Waals surface area contributed by atoms with Crippen molar-refractivity contribution in [2.24, 2.45) is 5.92 Å². The maximum Gasteiger partial charge on any atom is 0.0687 e. The number of nitriles is 1. The van der Waals surface area contributed by atoms with Gasteiger partial charge in [-0.3, -0.25) is 4.68 Å². The Hall–Kier alpha value is -1.30. The molecule has 0 spiro atoms. The SMILES string of the molecule is Cc1cnn(C2CCCCC2C#N)c1. The van der Waals surface area contributed by atoms with Crippen molar-refractivity contribution in [2.45, 2.75) is 38.6 Å². The minimum atomic E-state index is 0.156. The van der Waals surface area contributed by atoms with Crippen molar-refractivity contribution in [2.75, 3.05) is 0 Å². The maximum atomic E-state index is 9.04. The second-order valence-electron chi connectivity index (χ2n) is 4.09. The fraction of sp³-hybridized carbons (Fsp3) is 0.636. The summed E-state index contributed by atoms with van der Waals surface area (Å²) in [6.07, 6.45) is 8.44. The molecule has 0 N–H and O–H groups in total. The summed E-state index contributed by atoms with van der Waals surface area (Å²) in [6, 6.07) is 2.71. The molecule has 3 heteroatoms. The molecule has 2 unspecified atom stereocenters. The molecule has 74 valence electrons. The fourth-order valence-corrected chi connectivity index (χ4v) is 2.19. The highest BCUT2D eigenvalue weighted by atomic mass is 15.3. The second kappa shape index (κ2) is 3.83. The molecular weight excluding hydrogens is 174 g/mol. The highest BCUT2D eigenvalue weighted by Gasteiger charge is 2.26. The van der Waals surface area contributed by atoms with Crippen LogP contribution in [0.2, 0.25) is 0 Å². The standard InChI is InChI=1S/C11H15N3/c1-9-7-13-14(8-9)11-5-3-2-4-10(11)6-12/h7-8,10-11H,2-5H2,1H3. The highest BCUT2D eigenvalue weighted by molar-refractivity contribution is 5.03. The summed E-state index contributed by atoms with van der Waals surface area (Å²) in [6.45, 7) is 2.04. The molecule has 1 heterocycles. The predicted molar refractivity (Wildman–Crippen MR) is 53.6 cm³/mol. The van der Waals surface area contributed by atoms with E-state index in [1.807, 2.05) is 24.0 Å². The van der Waals surface area contributed by atoms with Gasteiger partial charge in [-0.1, -0.05) is 12.8 Å². The Morgan fingerprint density at radius 2 is 2.29 bits per heavy atom. The van der Waals surface area contributed by atoms with Gasteiger partial charge < -0.3 is 0 Å². The summed E-state index contributed by atoms with van der Waals surface area (Å²) < 4.78 is 1.97. The smallest absolute Gasteiger partial charge is 0.0687 e. The Labute approximate surface area is 84.3 Å². The van der Waals surface area contributed by atoms with Gasteiger partial charge in [-0.05, 0) is 25.3 Å². The normalized spacial score (nSPS) is 27.1. The van der Waals surface area contributed by atoms with E-state index in [2.05, 4.69) is 11.2 Å². The zero-order chi connectivity index (χ0) is 9.97. The monoisotopic (exact) mass is 189 g/mol. The number of rotatable bonds is 1. The van der Waals surface area contributed by atoms with E-state index in [1.165, 1.54) is 18.4 Å². The van der Waals surface area contributed by atoms with E-state index in [-0.39, 0.29) is 5.92 Å². The quantitative estimate of drug-likeness (QED) is 0.681. The van der Waals surface area contributed by atoms with Crippen LogP contribution in [0.4, 0.5) is 0 Å². The van der Waals surface area contributed by atoms with Crippen molar-refractivity contribution >= 4 is 0 Å². The zero-order valence-corrected chi connectivity index (χ0v) is 8.48. The van der Waals surface area contributed by atoms with Gasteiger partial charge in [0.2, 0.25) is 0 Å². The van der Waals surface area contributed by atoms with Crippen LogP contribution in [0.25, 0.3) is 0 Å². The third kappa shape index (κ3) is 1.65. The van der Waals surface area contributed by atoms with Crippen LogP contribution < -0.4 is 0 Å². The van der Waals surface area contributed by atoms with Crippen LogP contribution in [0.5, 0.6) is 0 Å². The van der Waals surface area contributed by atoms with Crippen LogP contribution in [0.1, 0.15) is 37.3 Å². The van der Waals surface area contributed by atoms with Gasteiger partial charge in [-0.2, -0.15) is 10.4 Å². The molecule has 0 aromatic carbocycles. The van der Waals surface area contributed by atoms with Crippen LogP contribution >= 0.6 is 0 Å². The lowest BCUT2D eigenvalue weighted by Crippen LogP contribution is -2.22. The summed E-state index contributed by atoms with van der Waals surface area (Å²) in [5.41, 5.74) is 1.17. The average molecular weight is 189 g/mol. The first-order valence-electron chi connectivity index (χ1n) is 5.21. The van der Waals surface area contributed by atoms with Crippen molar-refractivity contribution in [3.63, 3.8) is 0 Å². The number of hydrogen-bond donors (Lipinski definition) is 0. The topological polar surface area (TPSA) is 41.6 Å². The molecule has 2 atom stereocenters. The largest absolute Gasteiger partial charge is 0.268 e. The molecule has 1 fully saturated rings. The predicted octanol–water partition coefficient (Wildman–Crippen LogP) is 2.45. The van der Waals surface area contributed by atoms with E-state index in [1.54, 1.807) is 0 Å². The molecule has 0 radical (unpaired) electrons. The molecule has 0 aliphatic heterocycles. The Morgan fingerprint density at radius 3 is 2.93 bits per heavy atom. The van der Waals surface area contributed by atoms with E-state index in [9.17, 15) is 0 Å². The van der Waals surface area contributed by atoms with Crippen LogP contribution in [0.15, 0.2) is 12.4 Å². The lowest BCUT2D eigenvalue weighted by molar-refractivity contribution is 0.270. The lowest BCUT2D eigenvalue weighted by Gasteiger charge is -2.26. The molecule has 14 heavy (non-hydrogen) atoms. The number of aromatic nitrogens is 2. The van der Waals surface area contributed by atoms with Crippen LogP contribution in [-0.2, 0) is 0 Å². The van der Waals surface area contributed by atoms with Gasteiger partial charge in [-0.15, -0.1) is 0 Å². The van der Waals surface area contributed by atoms with Crippen molar-refractivity contribution in [3.05, 3.63) is 18.0 Å². The summed E-state index contributed by atoms with van der Waals surface area (Å²) >= 11 is 0. The van der Waals surface area contributed by atoms with Crippen LogP contribution in [-0.4, -0.2) is 9.78 Å². The molecule has 2 rings (SSSR count). The third-order valence-corrected chi connectivity index (χ3v) is 2.97. The van der Waals surface area contributed by atoms with Crippen LogP contribution in [0, 0.1) is 24.2 Å². The van der Waals surface area contributed by atoms with Crippen molar-refractivity contribution < 1.29 is 0 Å². The molecule has 1 aromatic rings. The van der Waals surface area contributed by atoms with Gasteiger partial charge in [0.25, 0.3) is 0 Å². The average Bonchev–Trinajstić information content (AvgIpc) is 2.65. The Kier molecular flexibility index (Phi) is 2.53. The van der Waals surface area contributed by atoms with E-state index in [0.29, 0.717) is 6.04 Å². The summed E-state index contributed by atoms with van der Waals surface area (Å²) in [4.78, 5) is 0. The van der Waals surface area contributed by atoms with E-state index in [4.69, 9.17) is 5.26 Å². The summed E-state index contributed by atoms with van der Waals surface area (Å²) in [7, 11) is 0. The summed E-state index contributed by atoms with van der Waals surface area (Å²) in [5.74, 6) is 0.156. The van der Waals surface area contributed by atoms with Gasteiger partial charge in [-0.25, -0.2) is 0 Å². The van der Waals surface area contributed by atoms with Crippen molar-refractivity contribution in [1.82, 2.24) is 9.78 Å². The molecule has 0 saturated heterocycles. The molecule has 0 amide bonds. The maximum absolute atomic E-state index is 9.04. The van der Waals surface area contributed by atoms with Gasteiger partial charge >= 0.3 is 0 Å². The van der Waals surface area contributed by atoms with Gasteiger partial charge in [0, 0.05) is 6.20 Å². The first-order valence-corrected chi connectivity index (χ1v) is 5.21. The Bertz CT molecular complexity index is 348. The lowest BCUT2D eigenvalue weighted by atomic mass is 9.86. The summed E-state index contributed by atoms with van der Waals surface area (Å²) in [5, 5.41) is 13.3. The first-order chi connectivity index (χ1) is 6.81. The molecular formula is C11H15N3. The molecule has 3 nitrogen and oxygen atoms in total. The number of aryl methyl sites for hydroxylation is 1. The number of hydrogen-bond acceptors (Lipinski definition) is 2. The highest BCUT2D eigenvalue weighted by Crippen LogP contribution is 2.32.